The number of aryl methyl sites for hydroxylation is 2. The largest absolute Gasteiger partial charge is 0.444 e. The van der Waals surface area contributed by atoms with Crippen molar-refractivity contribution in [2.75, 3.05) is 13.1 Å². The molecule has 1 atom stereocenters. The van der Waals surface area contributed by atoms with Crippen LogP contribution in [-0.4, -0.2) is 47.5 Å². The van der Waals surface area contributed by atoms with Gasteiger partial charge in [0, 0.05) is 12.6 Å². The summed E-state index contributed by atoms with van der Waals surface area (Å²) in [5, 5.41) is 5.45. The molecule has 0 fully saturated rings. The molecule has 0 bridgehead atoms. The smallest absolute Gasteiger partial charge is 0.408 e. The fraction of sp³-hybridized carbons (Fsp3) is 0.609. The summed E-state index contributed by atoms with van der Waals surface area (Å²) in [6, 6.07) is 4.96. The van der Waals surface area contributed by atoms with Crippen molar-refractivity contribution in [1.82, 2.24) is 15.5 Å². The number of amides is 3. The molecule has 7 nitrogen and oxygen atoms in total. The van der Waals surface area contributed by atoms with Crippen LogP contribution in [0.3, 0.4) is 0 Å². The van der Waals surface area contributed by atoms with Crippen molar-refractivity contribution in [1.29, 1.82) is 0 Å². The fourth-order valence-electron chi connectivity index (χ4n) is 3.25. The first-order valence-corrected chi connectivity index (χ1v) is 10.5. The van der Waals surface area contributed by atoms with E-state index in [-0.39, 0.29) is 24.4 Å². The molecule has 0 saturated carbocycles. The second-order valence-corrected chi connectivity index (χ2v) is 8.81. The Bertz CT molecular complexity index is 733. The molecule has 0 saturated heterocycles. The average molecular weight is 420 g/mol. The van der Waals surface area contributed by atoms with E-state index in [0.29, 0.717) is 13.0 Å². The quantitative estimate of drug-likeness (QED) is 0.673. The van der Waals surface area contributed by atoms with E-state index in [4.69, 9.17) is 4.74 Å². The van der Waals surface area contributed by atoms with Crippen molar-refractivity contribution in [2.45, 2.75) is 79.5 Å². The zero-order chi connectivity index (χ0) is 23.1. The molecule has 1 rings (SSSR count). The summed E-state index contributed by atoms with van der Waals surface area (Å²) in [4.78, 5) is 39.8. The van der Waals surface area contributed by atoms with Gasteiger partial charge in [-0.05, 0) is 71.6 Å². The Labute approximate surface area is 180 Å². The highest BCUT2D eigenvalue weighted by atomic mass is 16.6. The Hall–Kier alpha value is -2.57. The van der Waals surface area contributed by atoms with Crippen LogP contribution >= 0.6 is 0 Å². The van der Waals surface area contributed by atoms with Crippen LogP contribution in [-0.2, 0) is 14.3 Å². The molecule has 0 aliphatic rings. The standard InChI is InChI=1S/C23H37N3O4/c1-9-13-26(18(27)14-24-22(29)30-23(6,7)8)20(21(28)25-15(2)3)19-16(4)11-10-12-17(19)5/h10-12,15,20H,9,13-14H2,1-8H3,(H,24,29)(H,25,28). The van der Waals surface area contributed by atoms with Crippen molar-refractivity contribution < 1.29 is 19.1 Å². The van der Waals surface area contributed by atoms with Gasteiger partial charge in [0.15, 0.2) is 0 Å². The number of rotatable bonds is 8. The molecule has 1 aromatic rings. The lowest BCUT2D eigenvalue weighted by molar-refractivity contribution is -0.140. The molecular formula is C23H37N3O4. The molecular weight excluding hydrogens is 382 g/mol. The van der Waals surface area contributed by atoms with Gasteiger partial charge in [-0.1, -0.05) is 25.1 Å². The van der Waals surface area contributed by atoms with E-state index < -0.39 is 17.7 Å². The van der Waals surface area contributed by atoms with Crippen LogP contribution in [0.15, 0.2) is 18.2 Å². The van der Waals surface area contributed by atoms with E-state index in [1.807, 2.05) is 52.8 Å². The van der Waals surface area contributed by atoms with Crippen LogP contribution in [0.2, 0.25) is 0 Å². The maximum absolute atomic E-state index is 13.2. The van der Waals surface area contributed by atoms with Gasteiger partial charge < -0.3 is 20.3 Å². The van der Waals surface area contributed by atoms with Crippen molar-refractivity contribution in [3.63, 3.8) is 0 Å². The van der Waals surface area contributed by atoms with Crippen molar-refractivity contribution in [3.8, 4) is 0 Å². The van der Waals surface area contributed by atoms with E-state index in [1.165, 1.54) is 0 Å². The second kappa shape index (κ2) is 11.0. The van der Waals surface area contributed by atoms with Gasteiger partial charge in [0.2, 0.25) is 11.8 Å². The van der Waals surface area contributed by atoms with Crippen molar-refractivity contribution in [3.05, 3.63) is 34.9 Å². The average Bonchev–Trinajstić information content (AvgIpc) is 2.59. The lowest BCUT2D eigenvalue weighted by Gasteiger charge is -2.33. The third-order valence-corrected chi connectivity index (χ3v) is 4.37. The summed E-state index contributed by atoms with van der Waals surface area (Å²) in [5.74, 6) is -0.573. The Balaban J connectivity index is 3.22. The zero-order valence-electron chi connectivity index (χ0n) is 19.6. The first-order chi connectivity index (χ1) is 13.9. The fourth-order valence-corrected chi connectivity index (χ4v) is 3.25. The third-order valence-electron chi connectivity index (χ3n) is 4.37. The lowest BCUT2D eigenvalue weighted by Crippen LogP contribution is -2.49. The summed E-state index contributed by atoms with van der Waals surface area (Å²) in [5.41, 5.74) is 2.03. The molecule has 168 valence electrons. The van der Waals surface area contributed by atoms with Crippen LogP contribution in [0, 0.1) is 13.8 Å². The molecule has 0 spiro atoms. The van der Waals surface area contributed by atoms with Crippen LogP contribution in [0.25, 0.3) is 0 Å². The van der Waals surface area contributed by atoms with Gasteiger partial charge in [-0.2, -0.15) is 0 Å². The summed E-state index contributed by atoms with van der Waals surface area (Å²) in [6.07, 6.45) is 0.0109. The number of alkyl carbamates (subject to hydrolysis) is 1. The van der Waals surface area contributed by atoms with Gasteiger partial charge in [-0.25, -0.2) is 4.79 Å². The van der Waals surface area contributed by atoms with Crippen molar-refractivity contribution >= 4 is 17.9 Å². The number of hydrogen-bond donors (Lipinski definition) is 2. The SMILES string of the molecule is CCCN(C(=O)CNC(=O)OC(C)(C)C)C(C(=O)NC(C)C)c1c(C)cccc1C. The minimum atomic E-state index is -0.776. The number of carbonyl (C=O) groups is 3. The van der Waals surface area contributed by atoms with Gasteiger partial charge in [0.1, 0.15) is 18.2 Å². The number of ether oxygens (including phenoxy) is 1. The minimum Gasteiger partial charge on any atom is -0.444 e. The molecule has 1 unspecified atom stereocenters. The Morgan fingerprint density at radius 3 is 2.13 bits per heavy atom. The van der Waals surface area contributed by atoms with E-state index >= 15 is 0 Å². The highest BCUT2D eigenvalue weighted by molar-refractivity contribution is 5.91. The molecule has 0 aromatic heterocycles. The molecule has 2 N–H and O–H groups in total. The normalized spacial score (nSPS) is 12.3. The molecule has 1 aromatic carbocycles. The summed E-state index contributed by atoms with van der Waals surface area (Å²) < 4.78 is 5.21. The molecule has 0 heterocycles. The number of nitrogens with zero attached hydrogens (tertiary/aromatic N) is 1. The van der Waals surface area contributed by atoms with E-state index in [0.717, 1.165) is 16.7 Å². The highest BCUT2D eigenvalue weighted by Crippen LogP contribution is 2.28. The third kappa shape index (κ3) is 7.69. The van der Waals surface area contributed by atoms with Crippen LogP contribution < -0.4 is 10.6 Å². The van der Waals surface area contributed by atoms with Gasteiger partial charge in [0.25, 0.3) is 0 Å². The highest BCUT2D eigenvalue weighted by Gasteiger charge is 2.33. The second-order valence-electron chi connectivity index (χ2n) is 8.81. The first kappa shape index (κ1) is 25.5. The summed E-state index contributed by atoms with van der Waals surface area (Å²) in [6.45, 7) is 15.0. The molecule has 0 aliphatic heterocycles. The van der Waals surface area contributed by atoms with Gasteiger partial charge in [-0.3, -0.25) is 9.59 Å². The predicted octanol–water partition coefficient (Wildman–Crippen LogP) is 3.63. The first-order valence-electron chi connectivity index (χ1n) is 10.5. The van der Waals surface area contributed by atoms with E-state index in [2.05, 4.69) is 10.6 Å². The molecule has 30 heavy (non-hydrogen) atoms. The lowest BCUT2D eigenvalue weighted by atomic mass is 9.93. The number of benzene rings is 1. The maximum atomic E-state index is 13.2. The zero-order valence-corrected chi connectivity index (χ0v) is 19.6. The Morgan fingerprint density at radius 2 is 1.67 bits per heavy atom. The van der Waals surface area contributed by atoms with Gasteiger partial charge in [-0.15, -0.1) is 0 Å². The monoisotopic (exact) mass is 419 g/mol. The maximum Gasteiger partial charge on any atom is 0.408 e. The topological polar surface area (TPSA) is 87.7 Å². The van der Waals surface area contributed by atoms with Crippen molar-refractivity contribution in [2.24, 2.45) is 0 Å². The van der Waals surface area contributed by atoms with Crippen LogP contribution in [0.5, 0.6) is 0 Å². The molecule has 0 radical (unpaired) electrons. The Kier molecular flexibility index (Phi) is 9.33. The Morgan fingerprint density at radius 1 is 1.10 bits per heavy atom. The summed E-state index contributed by atoms with van der Waals surface area (Å²) >= 11 is 0. The number of hydrogen-bond acceptors (Lipinski definition) is 4. The van der Waals surface area contributed by atoms with E-state index in [1.54, 1.807) is 25.7 Å². The molecule has 7 heteroatoms. The van der Waals surface area contributed by atoms with Crippen LogP contribution in [0.1, 0.15) is 70.7 Å². The number of carbonyl (C=O) groups excluding carboxylic acids is 3. The van der Waals surface area contributed by atoms with Gasteiger partial charge >= 0.3 is 6.09 Å². The molecule has 3 amide bonds. The minimum absolute atomic E-state index is 0.0669. The van der Waals surface area contributed by atoms with Gasteiger partial charge in [0.05, 0.1) is 0 Å². The van der Waals surface area contributed by atoms with Crippen LogP contribution in [0.4, 0.5) is 4.79 Å². The number of nitrogens with one attached hydrogen (secondary N) is 2. The predicted molar refractivity (Wildman–Crippen MR) is 118 cm³/mol. The summed E-state index contributed by atoms with van der Waals surface area (Å²) in [7, 11) is 0. The van der Waals surface area contributed by atoms with E-state index in [9.17, 15) is 14.4 Å². The molecule has 0 aliphatic carbocycles.